The number of nitrogens with two attached hydrogens (primary N) is 1. The fourth-order valence-electron chi connectivity index (χ4n) is 3.73. The second kappa shape index (κ2) is 7.50. The lowest BCUT2D eigenvalue weighted by atomic mass is 9.90. The smallest absolute Gasteiger partial charge is 0.313 e. The van der Waals surface area contributed by atoms with Crippen molar-refractivity contribution in [2.75, 3.05) is 17.6 Å². The number of nitrogens with zero attached hydrogens (tertiary/aromatic N) is 4. The van der Waals surface area contributed by atoms with Crippen LogP contribution in [0.25, 0.3) is 11.0 Å². The Labute approximate surface area is 167 Å². The maximum Gasteiger partial charge on any atom is 0.313 e. The van der Waals surface area contributed by atoms with Crippen molar-refractivity contribution in [3.8, 4) is 0 Å². The number of H-pyrrole nitrogens is 1. The minimum atomic E-state index is -0.688. The van der Waals surface area contributed by atoms with Gasteiger partial charge in [0.05, 0.1) is 24.1 Å². The highest BCUT2D eigenvalue weighted by molar-refractivity contribution is 6.39. The molecule has 0 aromatic carbocycles. The zero-order valence-electron chi connectivity index (χ0n) is 16.3. The molecule has 150 valence electrons. The monoisotopic (exact) mass is 393 g/mol. The molecule has 0 saturated carbocycles. The van der Waals surface area contributed by atoms with Gasteiger partial charge in [-0.1, -0.05) is 6.92 Å². The van der Waals surface area contributed by atoms with Gasteiger partial charge in [-0.3, -0.25) is 14.7 Å². The van der Waals surface area contributed by atoms with E-state index in [9.17, 15) is 9.59 Å². The summed E-state index contributed by atoms with van der Waals surface area (Å²) in [6.45, 7) is 4.39. The van der Waals surface area contributed by atoms with Crippen LogP contribution in [-0.2, 0) is 9.59 Å². The minimum absolute atomic E-state index is 0.206. The lowest BCUT2D eigenvalue weighted by molar-refractivity contribution is -0.146. The zero-order valence-corrected chi connectivity index (χ0v) is 16.3. The predicted octanol–water partition coefficient (Wildman–Crippen LogP) is 2.18. The van der Waals surface area contributed by atoms with E-state index >= 15 is 0 Å². The van der Waals surface area contributed by atoms with E-state index in [4.69, 9.17) is 5.73 Å². The average molecular weight is 393 g/mol. The van der Waals surface area contributed by atoms with Crippen LogP contribution in [0.5, 0.6) is 0 Å². The van der Waals surface area contributed by atoms with E-state index in [2.05, 4.69) is 32.4 Å². The van der Waals surface area contributed by atoms with Crippen molar-refractivity contribution in [2.24, 2.45) is 5.92 Å². The molecule has 4 heterocycles. The zero-order chi connectivity index (χ0) is 20.5. The van der Waals surface area contributed by atoms with Gasteiger partial charge in [-0.15, -0.1) is 0 Å². The van der Waals surface area contributed by atoms with Crippen LogP contribution < -0.4 is 11.1 Å². The Balaban J connectivity index is 1.57. The summed E-state index contributed by atoms with van der Waals surface area (Å²) in [6.07, 6.45) is 6.63. The first-order valence-corrected chi connectivity index (χ1v) is 9.55. The second-order valence-electron chi connectivity index (χ2n) is 7.61. The minimum Gasteiger partial charge on any atom is -0.383 e. The molecule has 2 atom stereocenters. The Kier molecular flexibility index (Phi) is 4.87. The molecule has 0 radical (unpaired) electrons. The van der Waals surface area contributed by atoms with Crippen LogP contribution in [0.1, 0.15) is 36.9 Å². The average Bonchev–Trinajstić information content (AvgIpc) is 3.18. The number of nitrogen functional groups attached to an aromatic ring is 1. The quantitative estimate of drug-likeness (QED) is 0.572. The van der Waals surface area contributed by atoms with Crippen LogP contribution in [0.4, 0.5) is 11.5 Å². The van der Waals surface area contributed by atoms with E-state index < -0.39 is 11.8 Å². The van der Waals surface area contributed by atoms with Crippen molar-refractivity contribution < 1.29 is 9.59 Å². The molecule has 1 saturated heterocycles. The molecule has 1 fully saturated rings. The lowest BCUT2D eigenvalue weighted by Gasteiger charge is -2.38. The van der Waals surface area contributed by atoms with Gasteiger partial charge in [0, 0.05) is 18.1 Å². The van der Waals surface area contributed by atoms with Crippen molar-refractivity contribution in [1.82, 2.24) is 25.1 Å². The van der Waals surface area contributed by atoms with Gasteiger partial charge < -0.3 is 16.0 Å². The number of nitrogens with one attached hydrogen (secondary N) is 2. The molecule has 4 rings (SSSR count). The second-order valence-corrected chi connectivity index (χ2v) is 7.61. The molecule has 4 N–H and O–H groups in total. The Bertz CT molecular complexity index is 1080. The summed E-state index contributed by atoms with van der Waals surface area (Å²) >= 11 is 0. The maximum atomic E-state index is 13.0. The summed E-state index contributed by atoms with van der Waals surface area (Å²) in [6, 6.07) is 3.46. The number of hydrogen-bond donors (Lipinski definition) is 3. The maximum absolute atomic E-state index is 13.0. The van der Waals surface area contributed by atoms with E-state index in [1.807, 2.05) is 6.07 Å². The molecule has 0 bridgehead atoms. The van der Waals surface area contributed by atoms with E-state index in [1.165, 1.54) is 6.20 Å². The number of carbonyl (C=O) groups excluding carboxylic acids is 2. The number of carbonyl (C=O) groups is 2. The van der Waals surface area contributed by atoms with Gasteiger partial charge in [-0.25, -0.2) is 9.97 Å². The standard InChI is InChI=1S/C20H23N7O2/c1-11-3-4-16(13-6-14-8-24-26-18(14)23-7-13)27(10-11)20(29)19(28)25-15-5-12(2)17(21)22-9-15/h5-9,11,16H,3-4,10H2,1-2H3,(H2,21,22)(H,25,28)(H,23,24,26)/t11-,16+/m1/s1. The summed E-state index contributed by atoms with van der Waals surface area (Å²) in [5.41, 5.74) is 8.49. The molecule has 2 amide bonds. The van der Waals surface area contributed by atoms with Crippen LogP contribution in [0.3, 0.4) is 0 Å². The lowest BCUT2D eigenvalue weighted by Crippen LogP contribution is -2.46. The van der Waals surface area contributed by atoms with E-state index in [0.717, 1.165) is 29.4 Å². The Morgan fingerprint density at radius 3 is 2.83 bits per heavy atom. The third-order valence-corrected chi connectivity index (χ3v) is 5.35. The van der Waals surface area contributed by atoms with Crippen molar-refractivity contribution in [3.05, 3.63) is 41.9 Å². The number of amides is 2. The Morgan fingerprint density at radius 1 is 1.21 bits per heavy atom. The number of aromatic amines is 1. The topological polar surface area (TPSA) is 130 Å². The van der Waals surface area contributed by atoms with E-state index in [0.29, 0.717) is 29.6 Å². The summed E-state index contributed by atoms with van der Waals surface area (Å²) in [5.74, 6) is -0.550. The number of aromatic nitrogens is 4. The number of fused-ring (bicyclic) bond motifs is 1. The van der Waals surface area contributed by atoms with Crippen LogP contribution in [-0.4, -0.2) is 43.4 Å². The summed E-state index contributed by atoms with van der Waals surface area (Å²) in [5, 5.41) is 10.3. The molecule has 0 unspecified atom stereocenters. The van der Waals surface area contributed by atoms with Crippen LogP contribution in [0.15, 0.2) is 30.7 Å². The van der Waals surface area contributed by atoms with Gasteiger partial charge in [0.1, 0.15) is 5.82 Å². The molecule has 0 spiro atoms. The van der Waals surface area contributed by atoms with Gasteiger partial charge in [0.25, 0.3) is 0 Å². The third-order valence-electron chi connectivity index (χ3n) is 5.35. The largest absolute Gasteiger partial charge is 0.383 e. The molecular formula is C20H23N7O2. The molecule has 29 heavy (non-hydrogen) atoms. The first kappa shape index (κ1) is 18.9. The van der Waals surface area contributed by atoms with Crippen molar-refractivity contribution in [1.29, 1.82) is 0 Å². The summed E-state index contributed by atoms with van der Waals surface area (Å²) in [4.78, 5) is 35.7. The van der Waals surface area contributed by atoms with Crippen LogP contribution in [0, 0.1) is 12.8 Å². The number of hydrogen-bond acceptors (Lipinski definition) is 6. The van der Waals surface area contributed by atoms with Gasteiger partial charge in [-0.05, 0) is 48.9 Å². The number of piperidine rings is 1. The SMILES string of the molecule is Cc1cc(NC(=O)C(=O)N2C[C@H](C)CC[C@H]2c2cnc3[nH]ncc3c2)cnc1N. The number of aryl methyl sites for hydroxylation is 1. The predicted molar refractivity (Wildman–Crippen MR) is 109 cm³/mol. The molecule has 0 aliphatic carbocycles. The molecule has 3 aromatic rings. The van der Waals surface area contributed by atoms with Crippen molar-refractivity contribution >= 4 is 34.4 Å². The van der Waals surface area contributed by atoms with Crippen molar-refractivity contribution in [3.63, 3.8) is 0 Å². The molecule has 9 nitrogen and oxygen atoms in total. The van der Waals surface area contributed by atoms with Crippen molar-refractivity contribution in [2.45, 2.75) is 32.7 Å². The molecule has 3 aromatic heterocycles. The van der Waals surface area contributed by atoms with Crippen LogP contribution in [0.2, 0.25) is 0 Å². The number of anilines is 2. The van der Waals surface area contributed by atoms with Crippen LogP contribution >= 0.6 is 0 Å². The molecular weight excluding hydrogens is 370 g/mol. The Hall–Kier alpha value is -3.49. The molecule has 1 aliphatic rings. The van der Waals surface area contributed by atoms with Gasteiger partial charge in [-0.2, -0.15) is 5.10 Å². The van der Waals surface area contributed by atoms with Gasteiger partial charge >= 0.3 is 11.8 Å². The number of likely N-dealkylation sites (tertiary alicyclic amines) is 1. The first-order valence-electron chi connectivity index (χ1n) is 9.55. The summed E-state index contributed by atoms with van der Waals surface area (Å²) in [7, 11) is 0. The molecule has 1 aliphatic heterocycles. The van der Waals surface area contributed by atoms with Gasteiger partial charge in [0.15, 0.2) is 5.65 Å². The number of rotatable bonds is 2. The fourth-order valence-corrected chi connectivity index (χ4v) is 3.73. The third kappa shape index (κ3) is 3.75. The Morgan fingerprint density at radius 2 is 2.03 bits per heavy atom. The summed E-state index contributed by atoms with van der Waals surface area (Å²) < 4.78 is 0. The normalized spacial score (nSPS) is 19.3. The van der Waals surface area contributed by atoms with E-state index in [1.54, 1.807) is 30.3 Å². The number of pyridine rings is 2. The highest BCUT2D eigenvalue weighted by atomic mass is 16.2. The molecule has 9 heteroatoms. The first-order chi connectivity index (χ1) is 13.9. The highest BCUT2D eigenvalue weighted by Crippen LogP contribution is 2.34. The fraction of sp³-hybridized carbons (Fsp3) is 0.350. The van der Waals surface area contributed by atoms with E-state index in [-0.39, 0.29) is 6.04 Å². The van der Waals surface area contributed by atoms with Gasteiger partial charge in [0.2, 0.25) is 0 Å². The highest BCUT2D eigenvalue weighted by Gasteiger charge is 2.34.